The summed E-state index contributed by atoms with van der Waals surface area (Å²) >= 11 is 0. The highest BCUT2D eigenvalue weighted by Gasteiger charge is 2.15. The average molecular weight is 441 g/mol. The molecule has 3 heterocycles. The van der Waals surface area contributed by atoms with Crippen LogP contribution in [0, 0.1) is 0 Å². The lowest BCUT2D eigenvalue weighted by molar-refractivity contribution is 0.151. The molecular weight excluding hydrogens is 408 g/mol. The molecule has 0 radical (unpaired) electrons. The Balaban J connectivity index is 1.40. The first-order chi connectivity index (χ1) is 16.2. The molecular formula is C28H32N4O. The first-order valence-corrected chi connectivity index (χ1v) is 11.8. The molecule has 1 aliphatic rings. The fourth-order valence-electron chi connectivity index (χ4n) is 4.75. The molecule has 1 aliphatic heterocycles. The third-order valence-corrected chi connectivity index (χ3v) is 6.71. The van der Waals surface area contributed by atoms with E-state index in [4.69, 9.17) is 4.74 Å². The lowest BCUT2D eigenvalue weighted by Crippen LogP contribution is -2.44. The van der Waals surface area contributed by atoms with Crippen LogP contribution in [0.5, 0.6) is 5.75 Å². The van der Waals surface area contributed by atoms with Crippen LogP contribution in [-0.2, 0) is 6.54 Å². The van der Waals surface area contributed by atoms with Crippen molar-refractivity contribution in [1.29, 1.82) is 0 Å². The van der Waals surface area contributed by atoms with E-state index in [1.54, 1.807) is 7.11 Å². The predicted molar refractivity (Wildman–Crippen MR) is 136 cm³/mol. The van der Waals surface area contributed by atoms with E-state index in [9.17, 15) is 0 Å². The summed E-state index contributed by atoms with van der Waals surface area (Å²) in [5.74, 6) is 0.856. The molecule has 170 valence electrons. The monoisotopic (exact) mass is 440 g/mol. The maximum Gasteiger partial charge on any atom is 0.119 e. The van der Waals surface area contributed by atoms with E-state index >= 15 is 0 Å². The van der Waals surface area contributed by atoms with Gasteiger partial charge in [-0.15, -0.1) is 0 Å². The molecule has 0 spiro atoms. The molecule has 0 saturated carbocycles. The lowest BCUT2D eigenvalue weighted by atomic mass is 10.0. The third kappa shape index (κ3) is 4.80. The molecule has 0 unspecified atom stereocenters. The lowest BCUT2D eigenvalue weighted by Gasteiger charge is -2.32. The predicted octanol–water partition coefficient (Wildman–Crippen LogP) is 5.02. The summed E-state index contributed by atoms with van der Waals surface area (Å²) in [4.78, 5) is 9.58. The smallest absolute Gasteiger partial charge is 0.119 e. The van der Waals surface area contributed by atoms with E-state index < -0.39 is 0 Å². The summed E-state index contributed by atoms with van der Waals surface area (Å²) in [5.41, 5.74) is 5.88. The van der Waals surface area contributed by atoms with Crippen molar-refractivity contribution in [3.8, 4) is 28.0 Å². The van der Waals surface area contributed by atoms with E-state index in [0.717, 1.165) is 42.0 Å². The van der Waals surface area contributed by atoms with Gasteiger partial charge in [0, 0.05) is 78.9 Å². The molecule has 4 aromatic rings. The number of likely N-dealkylation sites (N-methyl/N-ethyl adjacent to an activating group) is 1. The zero-order valence-corrected chi connectivity index (χ0v) is 19.6. The van der Waals surface area contributed by atoms with Gasteiger partial charge in [-0.3, -0.25) is 4.98 Å². The van der Waals surface area contributed by atoms with Gasteiger partial charge in [0.2, 0.25) is 0 Å². The third-order valence-electron chi connectivity index (χ3n) is 6.71. The van der Waals surface area contributed by atoms with Crippen molar-refractivity contribution in [2.45, 2.75) is 13.0 Å². The molecule has 0 atom stereocenters. The number of para-hydroxylation sites is 1. The van der Waals surface area contributed by atoms with E-state index in [2.05, 4.69) is 75.1 Å². The second kappa shape index (κ2) is 9.77. The standard InChI is InChI=1S/C28H32N4O/c1-30-13-15-31(16-14-30)11-6-12-32-21-27(26-9-3-4-10-28(26)32)24-17-23(19-29-20-24)22-7-5-8-25(18-22)33-2/h3-5,7-10,17-21H,6,11-16H2,1-2H3. The van der Waals surface area contributed by atoms with E-state index in [-0.39, 0.29) is 0 Å². The van der Waals surface area contributed by atoms with Gasteiger partial charge in [-0.05, 0) is 49.8 Å². The SMILES string of the molecule is COc1cccc(-c2cncc(-c3cn(CCCN4CCN(C)CC4)c4ccccc34)c2)c1. The van der Waals surface area contributed by atoms with Gasteiger partial charge in [0.1, 0.15) is 5.75 Å². The number of fused-ring (bicyclic) bond motifs is 1. The maximum atomic E-state index is 5.41. The van der Waals surface area contributed by atoms with Gasteiger partial charge in [0.05, 0.1) is 7.11 Å². The fraction of sp³-hybridized carbons (Fsp3) is 0.321. The molecule has 5 heteroatoms. The Morgan fingerprint density at radius 3 is 2.52 bits per heavy atom. The molecule has 33 heavy (non-hydrogen) atoms. The maximum absolute atomic E-state index is 5.41. The van der Waals surface area contributed by atoms with E-state index in [1.807, 2.05) is 24.5 Å². The number of piperazine rings is 1. The number of pyridine rings is 1. The van der Waals surface area contributed by atoms with Gasteiger partial charge in [-0.25, -0.2) is 0 Å². The van der Waals surface area contributed by atoms with Crippen LogP contribution in [-0.4, -0.2) is 66.2 Å². The molecule has 5 nitrogen and oxygen atoms in total. The number of hydrogen-bond donors (Lipinski definition) is 0. The quantitative estimate of drug-likeness (QED) is 0.404. The van der Waals surface area contributed by atoms with Crippen LogP contribution >= 0.6 is 0 Å². The minimum Gasteiger partial charge on any atom is -0.497 e. The number of methoxy groups -OCH3 is 1. The number of benzene rings is 2. The van der Waals surface area contributed by atoms with Crippen molar-refractivity contribution in [2.24, 2.45) is 0 Å². The van der Waals surface area contributed by atoms with Gasteiger partial charge >= 0.3 is 0 Å². The summed E-state index contributed by atoms with van der Waals surface area (Å²) in [6, 6.07) is 19.1. The average Bonchev–Trinajstić information content (AvgIpc) is 3.24. The summed E-state index contributed by atoms with van der Waals surface area (Å²) < 4.78 is 7.82. The van der Waals surface area contributed by atoms with Crippen LogP contribution in [0.3, 0.4) is 0 Å². The summed E-state index contributed by atoms with van der Waals surface area (Å²) in [5, 5.41) is 1.28. The Kier molecular flexibility index (Phi) is 6.42. The molecule has 0 amide bonds. The highest BCUT2D eigenvalue weighted by molar-refractivity contribution is 5.96. The van der Waals surface area contributed by atoms with Crippen LogP contribution in [0.2, 0.25) is 0 Å². The minimum absolute atomic E-state index is 0.856. The number of aryl methyl sites for hydroxylation is 1. The summed E-state index contributed by atoms with van der Waals surface area (Å²) in [6.45, 7) is 6.88. The van der Waals surface area contributed by atoms with Gasteiger partial charge in [-0.1, -0.05) is 30.3 Å². The second-order valence-corrected chi connectivity index (χ2v) is 8.95. The molecule has 1 fully saturated rings. The zero-order valence-electron chi connectivity index (χ0n) is 19.6. The first kappa shape index (κ1) is 21.7. The molecule has 2 aromatic heterocycles. The van der Waals surface area contributed by atoms with E-state index in [1.165, 1.54) is 42.6 Å². The number of hydrogen-bond acceptors (Lipinski definition) is 4. The topological polar surface area (TPSA) is 33.5 Å². The largest absolute Gasteiger partial charge is 0.497 e. The number of aromatic nitrogens is 2. The molecule has 0 aliphatic carbocycles. The van der Waals surface area contributed by atoms with Crippen LogP contribution in [0.15, 0.2) is 73.2 Å². The van der Waals surface area contributed by atoms with Gasteiger partial charge in [-0.2, -0.15) is 0 Å². The fourth-order valence-corrected chi connectivity index (χ4v) is 4.75. The molecule has 5 rings (SSSR count). The summed E-state index contributed by atoms with van der Waals surface area (Å²) in [6.07, 6.45) is 7.36. The van der Waals surface area contributed by atoms with Gasteiger partial charge < -0.3 is 19.1 Å². The number of rotatable bonds is 7. The molecule has 1 saturated heterocycles. The molecule has 0 N–H and O–H groups in total. The highest BCUT2D eigenvalue weighted by atomic mass is 16.5. The van der Waals surface area contributed by atoms with E-state index in [0.29, 0.717) is 0 Å². The Hall–Kier alpha value is -3.15. The number of nitrogens with zero attached hydrogens (tertiary/aromatic N) is 4. The van der Waals surface area contributed by atoms with Gasteiger partial charge in [0.15, 0.2) is 0 Å². The number of ether oxygens (including phenoxy) is 1. The van der Waals surface area contributed by atoms with Crippen molar-refractivity contribution in [1.82, 2.24) is 19.4 Å². The Morgan fingerprint density at radius 1 is 0.848 bits per heavy atom. The zero-order chi connectivity index (χ0) is 22.6. The highest BCUT2D eigenvalue weighted by Crippen LogP contribution is 2.33. The Bertz CT molecular complexity index is 1220. The first-order valence-electron chi connectivity index (χ1n) is 11.8. The van der Waals surface area contributed by atoms with Crippen molar-refractivity contribution < 1.29 is 4.74 Å². The molecule has 0 bridgehead atoms. The van der Waals surface area contributed by atoms with Crippen molar-refractivity contribution in [3.05, 3.63) is 73.2 Å². The van der Waals surface area contributed by atoms with Crippen molar-refractivity contribution in [3.63, 3.8) is 0 Å². The second-order valence-electron chi connectivity index (χ2n) is 8.95. The van der Waals surface area contributed by atoms with Crippen LogP contribution in [0.4, 0.5) is 0 Å². The van der Waals surface area contributed by atoms with Crippen LogP contribution in [0.1, 0.15) is 6.42 Å². The Labute approximate surface area is 196 Å². The van der Waals surface area contributed by atoms with Crippen molar-refractivity contribution >= 4 is 10.9 Å². The molecule has 2 aromatic carbocycles. The van der Waals surface area contributed by atoms with Crippen LogP contribution < -0.4 is 4.74 Å². The Morgan fingerprint density at radius 2 is 1.67 bits per heavy atom. The summed E-state index contributed by atoms with van der Waals surface area (Å²) in [7, 11) is 3.91. The minimum atomic E-state index is 0.856. The normalized spacial score (nSPS) is 15.2. The van der Waals surface area contributed by atoms with Crippen molar-refractivity contribution in [2.75, 3.05) is 46.9 Å². The van der Waals surface area contributed by atoms with Gasteiger partial charge in [0.25, 0.3) is 0 Å². The van der Waals surface area contributed by atoms with Crippen LogP contribution in [0.25, 0.3) is 33.2 Å².